The molecular formula is C27H25N3O3. The highest BCUT2D eigenvalue weighted by molar-refractivity contribution is 6.04. The lowest BCUT2D eigenvalue weighted by Crippen LogP contribution is -2.45. The van der Waals surface area contributed by atoms with E-state index in [1.165, 1.54) is 0 Å². The minimum absolute atomic E-state index is 0.188. The number of nitrogens with zero attached hydrogens (tertiary/aromatic N) is 2. The first-order chi connectivity index (χ1) is 15.9. The normalized spacial score (nSPS) is 16.2. The quantitative estimate of drug-likeness (QED) is 0.504. The maximum absolute atomic E-state index is 13.5. The number of para-hydroxylation sites is 1. The number of amides is 2. The summed E-state index contributed by atoms with van der Waals surface area (Å²) in [6.45, 7) is 1.69. The Bertz CT molecular complexity index is 1410. The Morgan fingerprint density at radius 2 is 1.76 bits per heavy atom. The molecule has 6 nitrogen and oxygen atoms in total. The van der Waals surface area contributed by atoms with E-state index in [9.17, 15) is 9.59 Å². The maximum atomic E-state index is 13.5. The summed E-state index contributed by atoms with van der Waals surface area (Å²) in [7, 11) is 3.66. The third kappa shape index (κ3) is 3.09. The summed E-state index contributed by atoms with van der Waals surface area (Å²) in [6, 6.07) is 22.3. The summed E-state index contributed by atoms with van der Waals surface area (Å²) in [4.78, 5) is 27.4. The molecule has 3 aromatic carbocycles. The number of hydrogen-bond acceptors (Lipinski definition) is 3. The Labute approximate surface area is 192 Å². The fraction of sp³-hybridized carbons (Fsp3) is 0.185. The van der Waals surface area contributed by atoms with Crippen LogP contribution < -0.4 is 10.5 Å². The predicted molar refractivity (Wildman–Crippen MR) is 128 cm³/mol. The number of fused-ring (bicyclic) bond motifs is 2. The van der Waals surface area contributed by atoms with E-state index in [1.807, 2.05) is 67.7 Å². The van der Waals surface area contributed by atoms with Crippen LogP contribution in [0, 0.1) is 0 Å². The van der Waals surface area contributed by atoms with Gasteiger partial charge in [0, 0.05) is 34.6 Å². The second kappa shape index (κ2) is 7.81. The van der Waals surface area contributed by atoms with Crippen LogP contribution in [0.2, 0.25) is 0 Å². The Hall–Kier alpha value is -4.06. The number of aryl methyl sites for hydroxylation is 1. The molecule has 0 radical (unpaired) electrons. The molecule has 0 unspecified atom stereocenters. The summed E-state index contributed by atoms with van der Waals surface area (Å²) in [6.07, 6.45) is 0. The highest BCUT2D eigenvalue weighted by atomic mass is 16.5. The average molecular weight is 440 g/mol. The monoisotopic (exact) mass is 439 g/mol. The van der Waals surface area contributed by atoms with Crippen molar-refractivity contribution in [3.05, 3.63) is 89.5 Å². The van der Waals surface area contributed by atoms with Crippen molar-refractivity contribution in [3.63, 3.8) is 0 Å². The number of methoxy groups -OCH3 is 1. The molecule has 0 spiro atoms. The van der Waals surface area contributed by atoms with Gasteiger partial charge in [-0.05, 0) is 36.8 Å². The molecule has 33 heavy (non-hydrogen) atoms. The highest BCUT2D eigenvalue weighted by Gasteiger charge is 2.44. The van der Waals surface area contributed by atoms with Crippen molar-refractivity contribution in [1.82, 2.24) is 9.47 Å². The summed E-state index contributed by atoms with van der Waals surface area (Å²) in [5.74, 6) is 0.0183. The summed E-state index contributed by atoms with van der Waals surface area (Å²) < 4.78 is 7.62. The lowest BCUT2D eigenvalue weighted by Gasteiger charge is -2.30. The Kier molecular flexibility index (Phi) is 4.93. The Morgan fingerprint density at radius 3 is 2.52 bits per heavy atom. The summed E-state index contributed by atoms with van der Waals surface area (Å²) in [5, 5.41) is 1.02. The first-order valence-corrected chi connectivity index (χ1v) is 10.9. The fourth-order valence-corrected chi connectivity index (χ4v) is 4.99. The van der Waals surface area contributed by atoms with Crippen LogP contribution in [-0.4, -0.2) is 34.4 Å². The lowest BCUT2D eigenvalue weighted by molar-refractivity contribution is -0.122. The molecule has 0 saturated carbocycles. The minimum Gasteiger partial charge on any atom is -0.497 e. The van der Waals surface area contributed by atoms with Crippen molar-refractivity contribution in [3.8, 4) is 17.0 Å². The predicted octanol–water partition coefficient (Wildman–Crippen LogP) is 4.27. The maximum Gasteiger partial charge on any atom is 0.255 e. The van der Waals surface area contributed by atoms with Crippen LogP contribution in [0.15, 0.2) is 72.8 Å². The van der Waals surface area contributed by atoms with Crippen LogP contribution in [0.1, 0.15) is 34.5 Å². The molecule has 0 saturated heterocycles. The van der Waals surface area contributed by atoms with Crippen molar-refractivity contribution in [2.45, 2.75) is 19.0 Å². The van der Waals surface area contributed by atoms with Gasteiger partial charge in [0.1, 0.15) is 11.8 Å². The fourth-order valence-electron chi connectivity index (χ4n) is 4.99. The number of nitrogens with two attached hydrogens (primary N) is 1. The Balaban J connectivity index is 1.87. The van der Waals surface area contributed by atoms with Gasteiger partial charge in [-0.2, -0.15) is 0 Å². The van der Waals surface area contributed by atoms with Gasteiger partial charge in [-0.1, -0.05) is 48.5 Å². The van der Waals surface area contributed by atoms with Crippen LogP contribution in [-0.2, 0) is 11.8 Å². The minimum atomic E-state index is -0.771. The molecule has 4 aromatic rings. The number of carbonyl (C=O) groups excluding carboxylic acids is 2. The first-order valence-electron chi connectivity index (χ1n) is 10.9. The molecule has 5 rings (SSSR count). The van der Waals surface area contributed by atoms with E-state index in [0.717, 1.165) is 39.0 Å². The van der Waals surface area contributed by atoms with Gasteiger partial charge in [0.2, 0.25) is 5.91 Å². The van der Waals surface area contributed by atoms with Crippen LogP contribution in [0.5, 0.6) is 5.75 Å². The molecule has 2 N–H and O–H groups in total. The van der Waals surface area contributed by atoms with Crippen LogP contribution in [0.25, 0.3) is 22.2 Å². The molecule has 2 atom stereocenters. The second-order valence-corrected chi connectivity index (χ2v) is 8.35. The molecule has 1 aromatic heterocycles. The molecule has 2 heterocycles. The lowest BCUT2D eigenvalue weighted by atomic mass is 9.92. The third-order valence-electron chi connectivity index (χ3n) is 6.59. The van der Waals surface area contributed by atoms with Gasteiger partial charge < -0.3 is 19.9 Å². The topological polar surface area (TPSA) is 77.6 Å². The molecule has 1 aliphatic heterocycles. The number of benzene rings is 3. The number of carbonyl (C=O) groups is 2. The number of hydrogen-bond donors (Lipinski definition) is 1. The Morgan fingerprint density at radius 1 is 1.03 bits per heavy atom. The van der Waals surface area contributed by atoms with Gasteiger partial charge in [-0.15, -0.1) is 0 Å². The largest absolute Gasteiger partial charge is 0.497 e. The first kappa shape index (κ1) is 20.8. The smallest absolute Gasteiger partial charge is 0.255 e. The van der Waals surface area contributed by atoms with Gasteiger partial charge >= 0.3 is 0 Å². The molecule has 1 aliphatic rings. The molecule has 0 aliphatic carbocycles. The van der Waals surface area contributed by atoms with Gasteiger partial charge in [-0.3, -0.25) is 9.59 Å². The van der Waals surface area contributed by atoms with Crippen LogP contribution >= 0.6 is 0 Å². The SMILES string of the molecule is COc1cccc(-c2c([C@@H]3c4ccccc4C(=O)N3[C@@H](C)C(N)=O)c3ccccc3n2C)c1. The number of rotatable bonds is 5. The van der Waals surface area contributed by atoms with Gasteiger partial charge in [0.15, 0.2) is 0 Å². The van der Waals surface area contributed by atoms with E-state index in [1.54, 1.807) is 18.9 Å². The van der Waals surface area contributed by atoms with Gasteiger partial charge in [-0.25, -0.2) is 0 Å². The second-order valence-electron chi connectivity index (χ2n) is 8.35. The van der Waals surface area contributed by atoms with Crippen LogP contribution in [0.3, 0.4) is 0 Å². The average Bonchev–Trinajstić information content (AvgIpc) is 3.29. The van der Waals surface area contributed by atoms with Crippen molar-refractivity contribution in [2.75, 3.05) is 7.11 Å². The number of primary amides is 1. The zero-order valence-electron chi connectivity index (χ0n) is 18.8. The van der Waals surface area contributed by atoms with Crippen molar-refractivity contribution in [2.24, 2.45) is 12.8 Å². The van der Waals surface area contributed by atoms with Gasteiger partial charge in [0.05, 0.1) is 18.8 Å². The van der Waals surface area contributed by atoms with Crippen molar-refractivity contribution in [1.29, 1.82) is 0 Å². The molecule has 166 valence electrons. The van der Waals surface area contributed by atoms with Gasteiger partial charge in [0.25, 0.3) is 5.91 Å². The zero-order valence-corrected chi connectivity index (χ0v) is 18.8. The molecule has 2 amide bonds. The molecule has 0 fully saturated rings. The molecular weight excluding hydrogens is 414 g/mol. The van der Waals surface area contributed by atoms with Crippen molar-refractivity contribution < 1.29 is 14.3 Å². The van der Waals surface area contributed by atoms with E-state index in [-0.39, 0.29) is 5.91 Å². The van der Waals surface area contributed by atoms with E-state index in [2.05, 4.69) is 16.7 Å². The van der Waals surface area contributed by atoms with Crippen LogP contribution in [0.4, 0.5) is 0 Å². The van der Waals surface area contributed by atoms with E-state index >= 15 is 0 Å². The molecule has 6 heteroatoms. The zero-order chi connectivity index (χ0) is 23.3. The van der Waals surface area contributed by atoms with E-state index < -0.39 is 18.0 Å². The van der Waals surface area contributed by atoms with E-state index in [4.69, 9.17) is 10.5 Å². The van der Waals surface area contributed by atoms with E-state index in [0.29, 0.717) is 5.56 Å². The molecule has 0 bridgehead atoms. The number of ether oxygens (including phenoxy) is 1. The highest BCUT2D eigenvalue weighted by Crippen LogP contribution is 2.47. The van der Waals surface area contributed by atoms with Crippen molar-refractivity contribution >= 4 is 22.7 Å². The standard InChI is InChI=1S/C27H25N3O3/c1-16(26(28)31)30-25(19-11-4-5-12-20(19)27(30)32)23-21-13-6-7-14-22(21)29(2)24(23)17-9-8-10-18(15-17)33-3/h4-16,25H,1-3H3,(H2,28,31)/t16-,25-/m0/s1. The number of aromatic nitrogens is 1. The summed E-state index contributed by atoms with van der Waals surface area (Å²) in [5.41, 5.74) is 11.1. The third-order valence-corrected chi connectivity index (χ3v) is 6.59. The summed E-state index contributed by atoms with van der Waals surface area (Å²) >= 11 is 0.